The van der Waals surface area contributed by atoms with Gasteiger partial charge in [0.25, 0.3) is 5.69 Å². The molecule has 2 N–H and O–H groups in total. The van der Waals surface area contributed by atoms with Crippen molar-refractivity contribution in [3.63, 3.8) is 0 Å². The standard InChI is InChI=1S/C14H17N5O2/c1-10-9-16-14(18(2)7-6-15)17-13(10)11-4-3-5-12(8-11)19(20)21/h3-5,8-9H,6-7,15H2,1-2H3. The monoisotopic (exact) mass is 287 g/mol. The van der Waals surface area contributed by atoms with Gasteiger partial charge in [0, 0.05) is 44.0 Å². The molecule has 7 nitrogen and oxygen atoms in total. The van der Waals surface area contributed by atoms with Crippen molar-refractivity contribution in [1.82, 2.24) is 9.97 Å². The first kappa shape index (κ1) is 14.9. The van der Waals surface area contributed by atoms with Gasteiger partial charge < -0.3 is 10.6 Å². The van der Waals surface area contributed by atoms with E-state index < -0.39 is 4.92 Å². The Hall–Kier alpha value is -2.54. The minimum atomic E-state index is -0.415. The summed E-state index contributed by atoms with van der Waals surface area (Å²) in [5.41, 5.74) is 7.82. The maximum absolute atomic E-state index is 10.9. The van der Waals surface area contributed by atoms with Crippen molar-refractivity contribution >= 4 is 11.6 Å². The number of nitro benzene ring substituents is 1. The number of aryl methyl sites for hydroxylation is 1. The van der Waals surface area contributed by atoms with Crippen LogP contribution in [0.1, 0.15) is 5.56 Å². The van der Waals surface area contributed by atoms with Gasteiger partial charge >= 0.3 is 0 Å². The molecule has 0 aliphatic carbocycles. The third-order valence-corrected chi connectivity index (χ3v) is 3.10. The van der Waals surface area contributed by atoms with Crippen LogP contribution in [-0.2, 0) is 0 Å². The number of likely N-dealkylation sites (N-methyl/N-ethyl adjacent to an activating group) is 1. The number of non-ortho nitro benzene ring substituents is 1. The van der Waals surface area contributed by atoms with E-state index in [1.807, 2.05) is 18.9 Å². The molecule has 7 heteroatoms. The minimum absolute atomic E-state index is 0.0439. The van der Waals surface area contributed by atoms with Crippen molar-refractivity contribution in [2.24, 2.45) is 5.73 Å². The predicted octanol–water partition coefficient (Wildman–Crippen LogP) is 1.76. The maximum Gasteiger partial charge on any atom is 0.270 e. The molecule has 110 valence electrons. The Labute approximate surface area is 122 Å². The summed E-state index contributed by atoms with van der Waals surface area (Å²) >= 11 is 0. The molecule has 1 heterocycles. The Balaban J connectivity index is 2.45. The number of nitro groups is 1. The van der Waals surface area contributed by atoms with E-state index in [9.17, 15) is 10.1 Å². The summed E-state index contributed by atoms with van der Waals surface area (Å²) in [5.74, 6) is 0.549. The van der Waals surface area contributed by atoms with Gasteiger partial charge in [-0.05, 0) is 12.5 Å². The second-order valence-corrected chi connectivity index (χ2v) is 4.72. The van der Waals surface area contributed by atoms with Crippen LogP contribution in [0, 0.1) is 17.0 Å². The SMILES string of the molecule is Cc1cnc(N(C)CCN)nc1-c1cccc([N+](=O)[O-])c1. The van der Waals surface area contributed by atoms with Gasteiger partial charge in [-0.25, -0.2) is 9.97 Å². The van der Waals surface area contributed by atoms with Gasteiger partial charge in [0.05, 0.1) is 10.6 Å². The molecule has 2 aromatic rings. The molecule has 0 spiro atoms. The van der Waals surface area contributed by atoms with E-state index in [-0.39, 0.29) is 5.69 Å². The number of hydrogen-bond donors (Lipinski definition) is 1. The van der Waals surface area contributed by atoms with E-state index in [1.54, 1.807) is 18.3 Å². The van der Waals surface area contributed by atoms with Crippen molar-refractivity contribution in [3.8, 4) is 11.3 Å². The highest BCUT2D eigenvalue weighted by molar-refractivity contribution is 5.66. The molecule has 0 atom stereocenters. The van der Waals surface area contributed by atoms with Crippen LogP contribution in [0.15, 0.2) is 30.5 Å². The maximum atomic E-state index is 10.9. The molecule has 0 aliphatic rings. The van der Waals surface area contributed by atoms with Gasteiger partial charge in [-0.15, -0.1) is 0 Å². The summed E-state index contributed by atoms with van der Waals surface area (Å²) in [6.07, 6.45) is 1.71. The van der Waals surface area contributed by atoms with E-state index in [0.717, 1.165) is 5.56 Å². The van der Waals surface area contributed by atoms with Crippen molar-refractivity contribution < 1.29 is 4.92 Å². The predicted molar refractivity (Wildman–Crippen MR) is 81.2 cm³/mol. The van der Waals surface area contributed by atoms with Crippen LogP contribution in [0.2, 0.25) is 0 Å². The molecule has 0 unspecified atom stereocenters. The first-order valence-corrected chi connectivity index (χ1v) is 6.52. The average Bonchev–Trinajstić information content (AvgIpc) is 2.48. The number of nitrogens with two attached hydrogens (primary N) is 1. The first-order valence-electron chi connectivity index (χ1n) is 6.52. The highest BCUT2D eigenvalue weighted by Gasteiger charge is 2.12. The Morgan fingerprint density at radius 3 is 2.86 bits per heavy atom. The number of rotatable bonds is 5. The highest BCUT2D eigenvalue weighted by atomic mass is 16.6. The van der Waals surface area contributed by atoms with Crippen molar-refractivity contribution in [3.05, 3.63) is 46.1 Å². The smallest absolute Gasteiger partial charge is 0.270 e. The van der Waals surface area contributed by atoms with E-state index in [2.05, 4.69) is 9.97 Å². The van der Waals surface area contributed by atoms with Gasteiger partial charge in [0.15, 0.2) is 0 Å². The molecule has 0 amide bonds. The number of benzene rings is 1. The molecule has 21 heavy (non-hydrogen) atoms. The molecular weight excluding hydrogens is 270 g/mol. The second-order valence-electron chi connectivity index (χ2n) is 4.72. The summed E-state index contributed by atoms with van der Waals surface area (Å²) in [5, 5.41) is 10.9. The van der Waals surface area contributed by atoms with Gasteiger partial charge in [-0.2, -0.15) is 0 Å². The van der Waals surface area contributed by atoms with Gasteiger partial charge in [0.1, 0.15) is 0 Å². The minimum Gasteiger partial charge on any atom is -0.343 e. The van der Waals surface area contributed by atoms with Crippen LogP contribution in [0.25, 0.3) is 11.3 Å². The third-order valence-electron chi connectivity index (χ3n) is 3.10. The fourth-order valence-electron chi connectivity index (χ4n) is 1.97. The van der Waals surface area contributed by atoms with Crippen molar-refractivity contribution in [2.75, 3.05) is 25.0 Å². The Kier molecular flexibility index (Phi) is 4.44. The Morgan fingerprint density at radius 2 is 2.19 bits per heavy atom. The normalized spacial score (nSPS) is 10.4. The third kappa shape index (κ3) is 3.32. The number of anilines is 1. The van der Waals surface area contributed by atoms with Crippen LogP contribution in [0.5, 0.6) is 0 Å². The first-order chi connectivity index (χ1) is 10.0. The summed E-state index contributed by atoms with van der Waals surface area (Å²) in [4.78, 5) is 21.1. The summed E-state index contributed by atoms with van der Waals surface area (Å²) in [7, 11) is 1.86. The zero-order valence-corrected chi connectivity index (χ0v) is 12.0. The molecule has 0 fully saturated rings. The molecular formula is C14H17N5O2. The Morgan fingerprint density at radius 1 is 1.43 bits per heavy atom. The molecule has 1 aromatic carbocycles. The van der Waals surface area contributed by atoms with Crippen molar-refractivity contribution in [1.29, 1.82) is 0 Å². The van der Waals surface area contributed by atoms with Gasteiger partial charge in [-0.3, -0.25) is 10.1 Å². The summed E-state index contributed by atoms with van der Waals surface area (Å²) < 4.78 is 0. The highest BCUT2D eigenvalue weighted by Crippen LogP contribution is 2.25. The van der Waals surface area contributed by atoms with Crippen LogP contribution >= 0.6 is 0 Å². The van der Waals surface area contributed by atoms with Crippen LogP contribution < -0.4 is 10.6 Å². The quantitative estimate of drug-likeness (QED) is 0.664. The second kappa shape index (κ2) is 6.27. The lowest BCUT2D eigenvalue weighted by Gasteiger charge is -2.17. The van der Waals surface area contributed by atoms with Crippen LogP contribution in [0.4, 0.5) is 11.6 Å². The molecule has 0 saturated carbocycles. The van der Waals surface area contributed by atoms with Gasteiger partial charge in [0.2, 0.25) is 5.95 Å². The molecule has 1 aromatic heterocycles. The average molecular weight is 287 g/mol. The fraction of sp³-hybridized carbons (Fsp3) is 0.286. The number of aromatic nitrogens is 2. The van der Waals surface area contributed by atoms with E-state index in [1.165, 1.54) is 12.1 Å². The molecule has 0 aliphatic heterocycles. The zero-order chi connectivity index (χ0) is 15.4. The lowest BCUT2D eigenvalue weighted by atomic mass is 10.1. The van der Waals surface area contributed by atoms with E-state index in [4.69, 9.17) is 5.73 Å². The van der Waals surface area contributed by atoms with Gasteiger partial charge in [-0.1, -0.05) is 12.1 Å². The van der Waals surface area contributed by atoms with Crippen LogP contribution in [-0.4, -0.2) is 35.0 Å². The zero-order valence-electron chi connectivity index (χ0n) is 12.0. The van der Waals surface area contributed by atoms with Crippen LogP contribution in [0.3, 0.4) is 0 Å². The topological polar surface area (TPSA) is 98.2 Å². The summed E-state index contributed by atoms with van der Waals surface area (Å²) in [6, 6.07) is 6.43. The molecule has 2 rings (SSSR count). The Bertz CT molecular complexity index is 660. The molecule has 0 bridgehead atoms. The lowest BCUT2D eigenvalue weighted by Crippen LogP contribution is -2.26. The van der Waals surface area contributed by atoms with Crippen molar-refractivity contribution in [2.45, 2.75) is 6.92 Å². The fourth-order valence-corrected chi connectivity index (χ4v) is 1.97. The number of hydrogen-bond acceptors (Lipinski definition) is 6. The number of nitrogens with zero attached hydrogens (tertiary/aromatic N) is 4. The summed E-state index contributed by atoms with van der Waals surface area (Å²) in [6.45, 7) is 3.01. The lowest BCUT2D eigenvalue weighted by molar-refractivity contribution is -0.384. The molecule has 0 radical (unpaired) electrons. The largest absolute Gasteiger partial charge is 0.343 e. The van der Waals surface area contributed by atoms with E-state index in [0.29, 0.717) is 30.3 Å². The van der Waals surface area contributed by atoms with E-state index >= 15 is 0 Å². The molecule has 0 saturated heterocycles.